The van der Waals surface area contributed by atoms with Crippen molar-refractivity contribution >= 4 is 17.3 Å². The van der Waals surface area contributed by atoms with Gasteiger partial charge in [0.15, 0.2) is 11.6 Å². The molecule has 5 rings (SSSR count). The summed E-state index contributed by atoms with van der Waals surface area (Å²) in [4.78, 5) is 37.5. The van der Waals surface area contributed by atoms with Crippen molar-refractivity contribution in [3.63, 3.8) is 0 Å². The predicted octanol–water partition coefficient (Wildman–Crippen LogP) is 6.56. The first kappa shape index (κ1) is 23.3. The van der Waals surface area contributed by atoms with Gasteiger partial charge in [-0.05, 0) is 42.0 Å². The molecule has 7 nitrogen and oxygen atoms in total. The molecule has 0 fully saturated rings. The third-order valence-corrected chi connectivity index (χ3v) is 7.17. The molecule has 0 amide bonds. The molecule has 0 N–H and O–H groups in total. The number of aryl methyl sites for hydroxylation is 1. The maximum absolute atomic E-state index is 13.4. The van der Waals surface area contributed by atoms with Crippen LogP contribution in [0.4, 0.5) is 5.69 Å². The van der Waals surface area contributed by atoms with Gasteiger partial charge in [-0.25, -0.2) is 0 Å². The summed E-state index contributed by atoms with van der Waals surface area (Å²) in [5, 5.41) is 11.2. The second-order valence-corrected chi connectivity index (χ2v) is 11.6. The van der Waals surface area contributed by atoms with Gasteiger partial charge in [-0.1, -0.05) is 27.7 Å². The number of rotatable bonds is 3. The number of benzene rings is 1. The van der Waals surface area contributed by atoms with Crippen LogP contribution in [0.1, 0.15) is 70.6 Å². The second kappa shape index (κ2) is 7.77. The number of hydrogen-bond donors (Lipinski definition) is 0. The summed E-state index contributed by atoms with van der Waals surface area (Å²) in [6, 6.07) is 8.41. The summed E-state index contributed by atoms with van der Waals surface area (Å²) in [5.74, 6) is 1.69. The molecule has 0 radical (unpaired) electrons. The van der Waals surface area contributed by atoms with Gasteiger partial charge < -0.3 is 9.15 Å². The number of allylic oxidation sites excluding steroid dienone is 4. The average molecular weight is 476 g/mol. The number of ether oxygens (including phenoxy) is 1. The first-order valence-corrected chi connectivity index (χ1v) is 11.9. The second-order valence-electron chi connectivity index (χ2n) is 11.6. The van der Waals surface area contributed by atoms with Crippen LogP contribution in [0.15, 0.2) is 57.4 Å². The van der Waals surface area contributed by atoms with Gasteiger partial charge in [-0.2, -0.15) is 0 Å². The van der Waals surface area contributed by atoms with Gasteiger partial charge in [0.1, 0.15) is 23.0 Å². The van der Waals surface area contributed by atoms with Crippen LogP contribution in [-0.2, 0) is 14.3 Å². The van der Waals surface area contributed by atoms with E-state index in [-0.39, 0.29) is 28.1 Å². The zero-order chi connectivity index (χ0) is 25.3. The van der Waals surface area contributed by atoms with Crippen molar-refractivity contribution in [2.45, 2.75) is 66.2 Å². The topological polar surface area (TPSA) is 99.7 Å². The molecule has 0 saturated carbocycles. The number of nitro benzene ring substituents is 1. The van der Waals surface area contributed by atoms with Gasteiger partial charge in [0.05, 0.1) is 10.8 Å². The van der Waals surface area contributed by atoms with Crippen molar-refractivity contribution in [3.05, 3.63) is 74.4 Å². The van der Waals surface area contributed by atoms with Crippen molar-refractivity contribution in [1.82, 2.24) is 0 Å². The Morgan fingerprint density at radius 2 is 1.46 bits per heavy atom. The van der Waals surface area contributed by atoms with E-state index < -0.39 is 10.8 Å². The highest BCUT2D eigenvalue weighted by Gasteiger charge is 2.48. The van der Waals surface area contributed by atoms with Crippen LogP contribution >= 0.6 is 0 Å². The molecule has 1 aromatic carbocycles. The van der Waals surface area contributed by atoms with Crippen molar-refractivity contribution < 1.29 is 23.7 Å². The monoisotopic (exact) mass is 475 g/mol. The molecule has 2 aliphatic carbocycles. The summed E-state index contributed by atoms with van der Waals surface area (Å²) in [6.07, 6.45) is 1.99. The molecule has 1 aliphatic heterocycles. The number of nitrogens with zero attached hydrogens (tertiary/aromatic N) is 1. The van der Waals surface area contributed by atoms with Gasteiger partial charge in [0, 0.05) is 54.0 Å². The normalized spacial score (nSPS) is 21.5. The van der Waals surface area contributed by atoms with Crippen LogP contribution in [0.5, 0.6) is 0 Å². The van der Waals surface area contributed by atoms with E-state index in [4.69, 9.17) is 9.15 Å². The van der Waals surface area contributed by atoms with Crippen molar-refractivity contribution in [3.8, 4) is 11.3 Å². The summed E-state index contributed by atoms with van der Waals surface area (Å²) in [7, 11) is 0. The van der Waals surface area contributed by atoms with Crippen molar-refractivity contribution in [1.29, 1.82) is 0 Å². The van der Waals surface area contributed by atoms with E-state index in [1.807, 2.05) is 0 Å². The molecular formula is C28H29NO6. The van der Waals surface area contributed by atoms with Crippen molar-refractivity contribution in [2.24, 2.45) is 10.8 Å². The molecule has 0 saturated heterocycles. The van der Waals surface area contributed by atoms with Gasteiger partial charge >= 0.3 is 0 Å². The third-order valence-electron chi connectivity index (χ3n) is 7.17. The fourth-order valence-corrected chi connectivity index (χ4v) is 5.64. The highest BCUT2D eigenvalue weighted by molar-refractivity contribution is 6.06. The lowest BCUT2D eigenvalue weighted by Crippen LogP contribution is -2.37. The van der Waals surface area contributed by atoms with E-state index in [1.54, 1.807) is 31.2 Å². The number of Topliss-reactive ketones (excluding diaryl/α,β-unsaturated/α-hetero) is 2. The Bertz CT molecular complexity index is 1300. The highest BCUT2D eigenvalue weighted by atomic mass is 16.6. The average Bonchev–Trinajstić information content (AvgIpc) is 3.20. The summed E-state index contributed by atoms with van der Waals surface area (Å²) in [5.41, 5.74) is 1.87. The van der Waals surface area contributed by atoms with Gasteiger partial charge in [-0.3, -0.25) is 19.7 Å². The molecule has 0 bridgehead atoms. The van der Waals surface area contributed by atoms with E-state index in [0.29, 0.717) is 71.0 Å². The van der Waals surface area contributed by atoms with Crippen molar-refractivity contribution in [2.75, 3.05) is 0 Å². The first-order chi connectivity index (χ1) is 16.3. The lowest BCUT2D eigenvalue weighted by molar-refractivity contribution is -0.385. The summed E-state index contributed by atoms with van der Waals surface area (Å²) in [6.45, 7) is 9.89. The molecule has 182 valence electrons. The number of ketones is 2. The molecular weight excluding hydrogens is 446 g/mol. The predicted molar refractivity (Wildman–Crippen MR) is 129 cm³/mol. The molecule has 2 heterocycles. The first-order valence-electron chi connectivity index (χ1n) is 11.9. The Hall–Kier alpha value is -3.48. The smallest absolute Gasteiger partial charge is 0.272 e. The molecule has 0 atom stereocenters. The Kier molecular flexibility index (Phi) is 5.16. The fourth-order valence-electron chi connectivity index (χ4n) is 5.64. The van der Waals surface area contributed by atoms with E-state index in [0.717, 1.165) is 0 Å². The Morgan fingerprint density at radius 1 is 0.886 bits per heavy atom. The summed E-state index contributed by atoms with van der Waals surface area (Å²) < 4.78 is 12.6. The van der Waals surface area contributed by atoms with E-state index in [9.17, 15) is 19.7 Å². The molecule has 35 heavy (non-hydrogen) atoms. The van der Waals surface area contributed by atoms with E-state index in [1.165, 1.54) is 6.07 Å². The van der Waals surface area contributed by atoms with Gasteiger partial charge in [0.2, 0.25) is 0 Å². The Balaban J connectivity index is 1.62. The zero-order valence-electron chi connectivity index (χ0n) is 20.7. The SMILES string of the molecule is Cc1cc(-c2ccc(C3C4=C(CC(C)(C)CC4=O)OC4=C3C(=O)CC(C)(C)C4)o2)ccc1[N+](=O)[O-]. The molecule has 1 aromatic heterocycles. The minimum Gasteiger partial charge on any atom is -0.465 e. The van der Waals surface area contributed by atoms with E-state index in [2.05, 4.69) is 27.7 Å². The molecule has 2 aromatic rings. The highest BCUT2D eigenvalue weighted by Crippen LogP contribution is 2.53. The number of furan rings is 1. The third kappa shape index (κ3) is 4.03. The number of carbonyl (C=O) groups excluding carboxylic acids is 2. The van der Waals surface area contributed by atoms with Crippen LogP contribution in [0.3, 0.4) is 0 Å². The van der Waals surface area contributed by atoms with E-state index >= 15 is 0 Å². The number of carbonyl (C=O) groups is 2. The van der Waals surface area contributed by atoms with Crippen LogP contribution < -0.4 is 0 Å². The lowest BCUT2D eigenvalue weighted by Gasteiger charge is -2.42. The number of nitro groups is 1. The van der Waals surface area contributed by atoms with Gasteiger partial charge in [0.25, 0.3) is 5.69 Å². The minimum atomic E-state index is -0.603. The van der Waals surface area contributed by atoms with Crippen LogP contribution in [0, 0.1) is 27.9 Å². The van der Waals surface area contributed by atoms with Gasteiger partial charge in [-0.15, -0.1) is 0 Å². The molecule has 0 spiro atoms. The largest absolute Gasteiger partial charge is 0.465 e. The fraction of sp³-hybridized carbons (Fsp3) is 0.429. The minimum absolute atomic E-state index is 0.0189. The maximum atomic E-state index is 13.4. The zero-order valence-corrected chi connectivity index (χ0v) is 20.7. The maximum Gasteiger partial charge on any atom is 0.272 e. The number of hydrogen-bond acceptors (Lipinski definition) is 6. The van der Waals surface area contributed by atoms with Crippen LogP contribution in [-0.4, -0.2) is 16.5 Å². The summed E-state index contributed by atoms with van der Waals surface area (Å²) >= 11 is 0. The van der Waals surface area contributed by atoms with Crippen LogP contribution in [0.25, 0.3) is 11.3 Å². The molecule has 7 heteroatoms. The van der Waals surface area contributed by atoms with Crippen LogP contribution in [0.2, 0.25) is 0 Å². The molecule has 0 unspecified atom stereocenters. The Morgan fingerprint density at radius 3 is 1.97 bits per heavy atom. The quantitative estimate of drug-likeness (QED) is 0.368. The molecule has 3 aliphatic rings. The Labute approximate surface area is 204 Å². The lowest BCUT2D eigenvalue weighted by atomic mass is 9.66. The standard InChI is InChI=1S/C28H29NO6/c1-15-10-16(6-7-17(15)29(32)33)20-8-9-21(34-20)26-24-18(30)11-27(2,3)13-22(24)35-23-14-28(4,5)12-19(31)25(23)26/h6-10,26H,11-14H2,1-5H3.